The Kier molecular flexibility index (Phi) is 7.00. The van der Waals surface area contributed by atoms with Crippen molar-refractivity contribution in [2.45, 2.75) is 53.9 Å². The van der Waals surface area contributed by atoms with Gasteiger partial charge in [-0.15, -0.1) is 0 Å². The second-order valence-corrected chi connectivity index (χ2v) is 7.96. The third-order valence-corrected chi connectivity index (χ3v) is 3.39. The molecule has 0 heterocycles. The number of carbonyl (C=O) groups is 2. The Morgan fingerprint density at radius 2 is 1.42 bits per heavy atom. The van der Waals surface area contributed by atoms with Crippen LogP contribution in [0.4, 0.5) is 0 Å². The minimum absolute atomic E-state index is 0.229. The van der Waals surface area contributed by atoms with Gasteiger partial charge in [-0.05, 0) is 28.9 Å². The summed E-state index contributed by atoms with van der Waals surface area (Å²) in [6.45, 7) is 14.5. The Hall–Kier alpha value is -1.84. The molecule has 0 saturated heterocycles. The molecule has 1 aromatic carbocycles. The zero-order chi connectivity index (χ0) is 18.5. The van der Waals surface area contributed by atoms with E-state index in [1.165, 1.54) is 0 Å². The van der Waals surface area contributed by atoms with Gasteiger partial charge in [0, 0.05) is 0 Å². The van der Waals surface area contributed by atoms with E-state index in [1.807, 2.05) is 54.5 Å². The lowest BCUT2D eigenvalue weighted by Crippen LogP contribution is -2.23. The molecule has 1 rings (SSSR count). The van der Waals surface area contributed by atoms with Crippen molar-refractivity contribution in [3.05, 3.63) is 34.9 Å². The van der Waals surface area contributed by atoms with E-state index in [4.69, 9.17) is 9.47 Å². The molecule has 0 fully saturated rings. The van der Waals surface area contributed by atoms with E-state index >= 15 is 0 Å². The second kappa shape index (κ2) is 8.32. The minimum atomic E-state index is -0.480. The Bertz CT molecular complexity index is 580. The van der Waals surface area contributed by atoms with Crippen LogP contribution in [0, 0.1) is 11.8 Å². The standard InChI is InChI=1S/C20H30O4/c1-13(2)11-23-18(21)15-9-8-10-16(20(5,6)7)17(15)19(22)24-12-14(3)4/h8-10,13-14H,11-12H2,1-7H3. The molecule has 1 aromatic rings. The molecule has 0 bridgehead atoms. The van der Waals surface area contributed by atoms with Crippen molar-refractivity contribution in [2.75, 3.05) is 13.2 Å². The monoisotopic (exact) mass is 334 g/mol. The largest absolute Gasteiger partial charge is 0.462 e. The highest BCUT2D eigenvalue weighted by Crippen LogP contribution is 2.29. The SMILES string of the molecule is CC(C)COC(=O)c1cccc(C(C)(C)C)c1C(=O)OCC(C)C. The van der Waals surface area contributed by atoms with Crippen LogP contribution >= 0.6 is 0 Å². The first kappa shape index (κ1) is 20.2. The summed E-state index contributed by atoms with van der Waals surface area (Å²) in [6, 6.07) is 5.28. The number of hydrogen-bond acceptors (Lipinski definition) is 4. The Labute approximate surface area is 145 Å². The summed E-state index contributed by atoms with van der Waals surface area (Å²) in [5.74, 6) is -0.486. The summed E-state index contributed by atoms with van der Waals surface area (Å²) >= 11 is 0. The number of ether oxygens (including phenoxy) is 2. The zero-order valence-corrected chi connectivity index (χ0v) is 15.9. The average Bonchev–Trinajstić information content (AvgIpc) is 2.48. The molecule has 134 valence electrons. The average molecular weight is 334 g/mol. The number of hydrogen-bond donors (Lipinski definition) is 0. The predicted molar refractivity (Wildman–Crippen MR) is 95.4 cm³/mol. The third kappa shape index (κ3) is 5.66. The Morgan fingerprint density at radius 3 is 1.88 bits per heavy atom. The van der Waals surface area contributed by atoms with Gasteiger partial charge in [-0.3, -0.25) is 0 Å². The summed E-state index contributed by atoms with van der Waals surface area (Å²) in [5.41, 5.74) is 1.09. The highest BCUT2D eigenvalue weighted by Gasteiger charge is 2.28. The lowest BCUT2D eigenvalue weighted by Gasteiger charge is -2.24. The first-order valence-electron chi connectivity index (χ1n) is 8.51. The molecule has 0 aliphatic carbocycles. The maximum Gasteiger partial charge on any atom is 0.339 e. The molecule has 0 saturated carbocycles. The van der Waals surface area contributed by atoms with Crippen LogP contribution in [0.3, 0.4) is 0 Å². The van der Waals surface area contributed by atoms with E-state index in [0.717, 1.165) is 5.56 Å². The number of rotatable bonds is 6. The van der Waals surface area contributed by atoms with Crippen molar-refractivity contribution in [1.82, 2.24) is 0 Å². The summed E-state index contributed by atoms with van der Waals surface area (Å²) in [4.78, 5) is 25.1. The molecule has 0 aromatic heterocycles. The summed E-state index contributed by atoms with van der Waals surface area (Å²) in [6.07, 6.45) is 0. The van der Waals surface area contributed by atoms with Gasteiger partial charge in [0.1, 0.15) is 0 Å². The molecule has 0 aliphatic heterocycles. The van der Waals surface area contributed by atoms with E-state index in [-0.39, 0.29) is 22.8 Å². The van der Waals surface area contributed by atoms with E-state index in [9.17, 15) is 9.59 Å². The fourth-order valence-electron chi connectivity index (χ4n) is 2.20. The number of carbonyl (C=O) groups excluding carboxylic acids is 2. The van der Waals surface area contributed by atoms with Gasteiger partial charge >= 0.3 is 11.9 Å². The van der Waals surface area contributed by atoms with Crippen molar-refractivity contribution in [1.29, 1.82) is 0 Å². The van der Waals surface area contributed by atoms with Crippen molar-refractivity contribution < 1.29 is 19.1 Å². The van der Waals surface area contributed by atoms with Crippen LogP contribution in [-0.4, -0.2) is 25.2 Å². The molecule has 0 aliphatic rings. The van der Waals surface area contributed by atoms with Crippen LogP contribution < -0.4 is 0 Å². The van der Waals surface area contributed by atoms with Crippen LogP contribution in [-0.2, 0) is 14.9 Å². The van der Waals surface area contributed by atoms with Gasteiger partial charge in [0.05, 0.1) is 24.3 Å². The predicted octanol–water partition coefficient (Wildman–Crippen LogP) is 4.61. The highest BCUT2D eigenvalue weighted by molar-refractivity contribution is 6.04. The lowest BCUT2D eigenvalue weighted by atomic mass is 9.82. The van der Waals surface area contributed by atoms with E-state index in [1.54, 1.807) is 12.1 Å². The molecule has 24 heavy (non-hydrogen) atoms. The smallest absolute Gasteiger partial charge is 0.339 e. The molecular formula is C20H30O4. The summed E-state index contributed by atoms with van der Waals surface area (Å²) < 4.78 is 10.7. The van der Waals surface area contributed by atoms with Gasteiger partial charge in [0.25, 0.3) is 0 Å². The summed E-state index contributed by atoms with van der Waals surface area (Å²) in [5, 5.41) is 0. The fourth-order valence-corrected chi connectivity index (χ4v) is 2.20. The molecule has 0 amide bonds. The molecule has 0 atom stereocenters. The lowest BCUT2D eigenvalue weighted by molar-refractivity contribution is 0.0410. The van der Waals surface area contributed by atoms with Crippen molar-refractivity contribution in [3.63, 3.8) is 0 Å². The molecule has 4 nitrogen and oxygen atoms in total. The van der Waals surface area contributed by atoms with Gasteiger partial charge in [0.15, 0.2) is 0 Å². The third-order valence-electron chi connectivity index (χ3n) is 3.39. The molecule has 0 spiro atoms. The number of esters is 2. The van der Waals surface area contributed by atoms with Crippen molar-refractivity contribution in [3.8, 4) is 0 Å². The fraction of sp³-hybridized carbons (Fsp3) is 0.600. The Balaban J connectivity index is 3.27. The van der Waals surface area contributed by atoms with Gasteiger partial charge in [0.2, 0.25) is 0 Å². The normalized spacial score (nSPS) is 11.7. The number of benzene rings is 1. The van der Waals surface area contributed by atoms with Gasteiger partial charge < -0.3 is 9.47 Å². The first-order valence-corrected chi connectivity index (χ1v) is 8.51. The summed E-state index contributed by atoms with van der Waals surface area (Å²) in [7, 11) is 0. The van der Waals surface area contributed by atoms with Crippen LogP contribution in [0.5, 0.6) is 0 Å². The molecule has 4 heteroatoms. The quantitative estimate of drug-likeness (QED) is 0.713. The zero-order valence-electron chi connectivity index (χ0n) is 15.9. The Morgan fingerprint density at radius 1 is 0.917 bits per heavy atom. The highest BCUT2D eigenvalue weighted by atomic mass is 16.5. The van der Waals surface area contributed by atoms with E-state index in [2.05, 4.69) is 0 Å². The molecule has 0 N–H and O–H groups in total. The van der Waals surface area contributed by atoms with Crippen molar-refractivity contribution >= 4 is 11.9 Å². The maximum atomic E-state index is 12.7. The maximum absolute atomic E-state index is 12.7. The molecule has 0 radical (unpaired) electrons. The molecule has 0 unspecified atom stereocenters. The van der Waals surface area contributed by atoms with Crippen LogP contribution in [0.1, 0.15) is 74.7 Å². The minimum Gasteiger partial charge on any atom is -0.462 e. The van der Waals surface area contributed by atoms with Gasteiger partial charge in [-0.2, -0.15) is 0 Å². The van der Waals surface area contributed by atoms with Crippen LogP contribution in [0.2, 0.25) is 0 Å². The van der Waals surface area contributed by atoms with Crippen LogP contribution in [0.15, 0.2) is 18.2 Å². The first-order chi connectivity index (χ1) is 11.0. The van der Waals surface area contributed by atoms with Gasteiger partial charge in [-0.25, -0.2) is 9.59 Å². The molecular weight excluding hydrogens is 304 g/mol. The van der Waals surface area contributed by atoms with E-state index < -0.39 is 11.9 Å². The second-order valence-electron chi connectivity index (χ2n) is 7.96. The van der Waals surface area contributed by atoms with Gasteiger partial charge in [-0.1, -0.05) is 60.6 Å². The van der Waals surface area contributed by atoms with Crippen molar-refractivity contribution in [2.24, 2.45) is 11.8 Å². The van der Waals surface area contributed by atoms with Crippen LogP contribution in [0.25, 0.3) is 0 Å². The van der Waals surface area contributed by atoms with E-state index in [0.29, 0.717) is 18.8 Å². The topological polar surface area (TPSA) is 52.6 Å².